The molecular weight excluding hydrogens is 335 g/mol. The van der Waals surface area contributed by atoms with Crippen molar-refractivity contribution in [3.8, 4) is 5.75 Å². The van der Waals surface area contributed by atoms with E-state index in [4.69, 9.17) is 16.3 Å². The Morgan fingerprint density at radius 2 is 2.00 bits per heavy atom. The molecule has 0 atom stereocenters. The van der Waals surface area contributed by atoms with Gasteiger partial charge in [-0.15, -0.1) is 0 Å². The number of Topliss-reactive ketones (excluding diaryl/α,β-unsaturated/α-hetero) is 1. The van der Waals surface area contributed by atoms with Gasteiger partial charge in [-0.3, -0.25) is 9.59 Å². The molecule has 1 aromatic heterocycles. The highest BCUT2D eigenvalue weighted by molar-refractivity contribution is 6.30. The van der Waals surface area contributed by atoms with E-state index in [1.165, 1.54) is 19.2 Å². The fourth-order valence-corrected chi connectivity index (χ4v) is 2.14. The van der Waals surface area contributed by atoms with Crippen molar-refractivity contribution in [1.29, 1.82) is 0 Å². The van der Waals surface area contributed by atoms with Gasteiger partial charge in [0.15, 0.2) is 5.78 Å². The summed E-state index contributed by atoms with van der Waals surface area (Å²) in [5.41, 5.74) is -1.75. The molecule has 2 rings (SSSR count). The molecule has 4 nitrogen and oxygen atoms in total. The standard InChI is InChI=1S/C15H11ClF3NO3/c1-23-11-4-2-3-9(5-11)13(21)8-20-7-10(15(17,18)19)6-12(16)14(20)22/h2-7H,8H2,1H3. The van der Waals surface area contributed by atoms with Crippen LogP contribution in [0.1, 0.15) is 15.9 Å². The van der Waals surface area contributed by atoms with Crippen LogP contribution in [0.3, 0.4) is 0 Å². The van der Waals surface area contributed by atoms with Gasteiger partial charge in [0.25, 0.3) is 5.56 Å². The van der Waals surface area contributed by atoms with Crippen LogP contribution in [0.25, 0.3) is 0 Å². The zero-order valence-electron chi connectivity index (χ0n) is 11.9. The van der Waals surface area contributed by atoms with E-state index in [-0.39, 0.29) is 5.56 Å². The molecule has 0 fully saturated rings. The van der Waals surface area contributed by atoms with E-state index in [0.29, 0.717) is 22.6 Å². The summed E-state index contributed by atoms with van der Waals surface area (Å²) < 4.78 is 43.9. The first-order chi connectivity index (χ1) is 10.7. The first-order valence-corrected chi connectivity index (χ1v) is 6.74. The third-order valence-electron chi connectivity index (χ3n) is 3.08. The first kappa shape index (κ1) is 17.1. The van der Waals surface area contributed by atoms with Crippen molar-refractivity contribution in [2.45, 2.75) is 12.7 Å². The van der Waals surface area contributed by atoms with Gasteiger partial charge < -0.3 is 9.30 Å². The SMILES string of the molecule is COc1cccc(C(=O)Cn2cc(C(F)(F)F)cc(Cl)c2=O)c1. The highest BCUT2D eigenvalue weighted by Gasteiger charge is 2.32. The van der Waals surface area contributed by atoms with Gasteiger partial charge >= 0.3 is 6.18 Å². The van der Waals surface area contributed by atoms with E-state index in [9.17, 15) is 22.8 Å². The van der Waals surface area contributed by atoms with E-state index < -0.39 is 34.6 Å². The number of carbonyl (C=O) groups is 1. The number of ether oxygens (including phenoxy) is 1. The number of benzene rings is 1. The number of alkyl halides is 3. The van der Waals surface area contributed by atoms with Crippen LogP contribution in [0.15, 0.2) is 41.3 Å². The molecule has 1 heterocycles. The lowest BCUT2D eigenvalue weighted by Crippen LogP contribution is -2.26. The summed E-state index contributed by atoms with van der Waals surface area (Å²) in [4.78, 5) is 24.0. The maximum absolute atomic E-state index is 12.8. The Hall–Kier alpha value is -2.28. The number of hydrogen-bond acceptors (Lipinski definition) is 3. The van der Waals surface area contributed by atoms with Crippen molar-refractivity contribution < 1.29 is 22.7 Å². The molecule has 8 heteroatoms. The molecule has 122 valence electrons. The molecule has 0 unspecified atom stereocenters. The lowest BCUT2D eigenvalue weighted by Gasteiger charge is -2.11. The summed E-state index contributed by atoms with van der Waals surface area (Å²) in [6.07, 6.45) is -4.09. The van der Waals surface area contributed by atoms with Crippen LogP contribution in [0.4, 0.5) is 13.2 Å². The second kappa shape index (κ2) is 6.45. The smallest absolute Gasteiger partial charge is 0.417 e. The minimum absolute atomic E-state index is 0.213. The van der Waals surface area contributed by atoms with Crippen molar-refractivity contribution >= 4 is 17.4 Å². The summed E-state index contributed by atoms with van der Waals surface area (Å²) >= 11 is 5.54. The van der Waals surface area contributed by atoms with Crippen LogP contribution < -0.4 is 10.3 Å². The molecule has 0 aliphatic carbocycles. The monoisotopic (exact) mass is 345 g/mol. The Morgan fingerprint density at radius 3 is 2.61 bits per heavy atom. The number of aromatic nitrogens is 1. The van der Waals surface area contributed by atoms with E-state index in [1.807, 2.05) is 0 Å². The summed E-state index contributed by atoms with van der Waals surface area (Å²) in [7, 11) is 1.42. The predicted molar refractivity (Wildman–Crippen MR) is 78.0 cm³/mol. The molecule has 0 aliphatic rings. The average molecular weight is 346 g/mol. The van der Waals surface area contributed by atoms with Gasteiger partial charge in [0.05, 0.1) is 19.2 Å². The number of halogens is 4. The highest BCUT2D eigenvalue weighted by Crippen LogP contribution is 2.29. The number of ketones is 1. The minimum atomic E-state index is -4.67. The second-order valence-electron chi connectivity index (χ2n) is 4.66. The molecular formula is C15H11ClF3NO3. The van der Waals surface area contributed by atoms with E-state index in [2.05, 4.69) is 0 Å². The van der Waals surface area contributed by atoms with Crippen molar-refractivity contribution in [1.82, 2.24) is 4.57 Å². The molecule has 0 spiro atoms. The molecule has 0 amide bonds. The summed E-state index contributed by atoms with van der Waals surface area (Å²) in [6, 6.07) is 6.63. The van der Waals surface area contributed by atoms with Gasteiger partial charge in [0.2, 0.25) is 0 Å². The zero-order valence-corrected chi connectivity index (χ0v) is 12.6. The first-order valence-electron chi connectivity index (χ1n) is 6.37. The summed E-state index contributed by atoms with van der Waals surface area (Å²) in [5, 5.41) is -0.599. The normalized spacial score (nSPS) is 11.3. The number of nitrogens with zero attached hydrogens (tertiary/aromatic N) is 1. The van der Waals surface area contributed by atoms with Crippen LogP contribution >= 0.6 is 11.6 Å². The maximum atomic E-state index is 12.8. The predicted octanol–water partition coefficient (Wildman–Crippen LogP) is 3.41. The van der Waals surface area contributed by atoms with Crippen LogP contribution in [0.5, 0.6) is 5.75 Å². The number of rotatable bonds is 4. The van der Waals surface area contributed by atoms with Gasteiger partial charge in [-0.2, -0.15) is 13.2 Å². The van der Waals surface area contributed by atoms with Crippen molar-refractivity contribution in [3.05, 3.63) is 63.0 Å². The average Bonchev–Trinajstić information content (AvgIpc) is 2.50. The molecule has 2 aromatic rings. The van der Waals surface area contributed by atoms with Crippen LogP contribution in [0.2, 0.25) is 5.02 Å². The number of carbonyl (C=O) groups excluding carboxylic acids is 1. The van der Waals surface area contributed by atoms with E-state index in [1.54, 1.807) is 12.1 Å². The van der Waals surface area contributed by atoms with E-state index in [0.717, 1.165) is 0 Å². The van der Waals surface area contributed by atoms with Crippen molar-refractivity contribution in [2.24, 2.45) is 0 Å². The van der Waals surface area contributed by atoms with Gasteiger partial charge in [0.1, 0.15) is 10.8 Å². The Balaban J connectivity index is 2.37. The molecule has 0 N–H and O–H groups in total. The van der Waals surface area contributed by atoms with Crippen LogP contribution in [0, 0.1) is 0 Å². The highest BCUT2D eigenvalue weighted by atomic mass is 35.5. The van der Waals surface area contributed by atoms with Crippen LogP contribution in [-0.4, -0.2) is 17.5 Å². The third-order valence-corrected chi connectivity index (χ3v) is 3.35. The maximum Gasteiger partial charge on any atom is 0.417 e. The Morgan fingerprint density at radius 1 is 1.30 bits per heavy atom. The molecule has 23 heavy (non-hydrogen) atoms. The molecule has 0 bridgehead atoms. The number of pyridine rings is 1. The zero-order chi connectivity index (χ0) is 17.2. The molecule has 0 radical (unpaired) electrons. The van der Waals surface area contributed by atoms with Crippen molar-refractivity contribution in [3.63, 3.8) is 0 Å². The molecule has 1 aromatic carbocycles. The Labute approximate surface area is 134 Å². The Kier molecular flexibility index (Phi) is 4.79. The van der Waals surface area contributed by atoms with Crippen LogP contribution in [-0.2, 0) is 12.7 Å². The molecule has 0 aliphatic heterocycles. The van der Waals surface area contributed by atoms with Crippen molar-refractivity contribution in [2.75, 3.05) is 7.11 Å². The molecule has 0 saturated carbocycles. The van der Waals surface area contributed by atoms with Gasteiger partial charge in [-0.25, -0.2) is 0 Å². The minimum Gasteiger partial charge on any atom is -0.497 e. The molecule has 0 saturated heterocycles. The third kappa shape index (κ3) is 3.92. The number of hydrogen-bond donors (Lipinski definition) is 0. The second-order valence-corrected chi connectivity index (χ2v) is 5.07. The lowest BCUT2D eigenvalue weighted by molar-refractivity contribution is -0.138. The summed E-state index contributed by atoms with van der Waals surface area (Å²) in [6.45, 7) is -0.560. The lowest BCUT2D eigenvalue weighted by atomic mass is 10.1. The van der Waals surface area contributed by atoms with Gasteiger partial charge in [-0.1, -0.05) is 23.7 Å². The van der Waals surface area contributed by atoms with Gasteiger partial charge in [0, 0.05) is 11.8 Å². The number of methoxy groups -OCH3 is 1. The fraction of sp³-hybridized carbons (Fsp3) is 0.200. The Bertz CT molecular complexity index is 799. The largest absolute Gasteiger partial charge is 0.497 e. The fourth-order valence-electron chi connectivity index (χ4n) is 1.91. The van der Waals surface area contributed by atoms with Gasteiger partial charge in [-0.05, 0) is 18.2 Å². The topological polar surface area (TPSA) is 48.3 Å². The van der Waals surface area contributed by atoms with E-state index >= 15 is 0 Å². The quantitative estimate of drug-likeness (QED) is 0.798. The summed E-state index contributed by atoms with van der Waals surface area (Å²) in [5.74, 6) is -0.119.